The molecule has 0 radical (unpaired) electrons. The molecule has 19 heavy (non-hydrogen) atoms. The summed E-state index contributed by atoms with van der Waals surface area (Å²) in [7, 11) is 0. The first-order valence-corrected chi connectivity index (χ1v) is 7.99. The molecule has 0 heterocycles. The van der Waals surface area contributed by atoms with Crippen LogP contribution in [0.4, 0.5) is 0 Å². The Morgan fingerprint density at radius 1 is 1.32 bits per heavy atom. The molecule has 1 aromatic carbocycles. The first-order valence-electron chi connectivity index (χ1n) is 7.19. The van der Waals surface area contributed by atoms with Crippen LogP contribution in [0.3, 0.4) is 0 Å². The summed E-state index contributed by atoms with van der Waals surface area (Å²) in [5, 5.41) is 0. The Labute approximate surface area is 125 Å². The Morgan fingerprint density at radius 2 is 2.05 bits per heavy atom. The summed E-state index contributed by atoms with van der Waals surface area (Å²) >= 11 is 3.57. The van der Waals surface area contributed by atoms with Crippen LogP contribution in [0, 0.1) is 5.92 Å². The summed E-state index contributed by atoms with van der Waals surface area (Å²) in [4.78, 5) is 0. The van der Waals surface area contributed by atoms with Crippen LogP contribution in [0.25, 0.3) is 0 Å². The molecular formula is C16H26BrNO. The van der Waals surface area contributed by atoms with Crippen LogP contribution >= 0.6 is 15.9 Å². The fraction of sp³-hybridized carbons (Fsp3) is 0.625. The molecule has 0 saturated heterocycles. The second kappa shape index (κ2) is 8.60. The van der Waals surface area contributed by atoms with E-state index in [4.69, 9.17) is 10.5 Å². The van der Waals surface area contributed by atoms with Crippen molar-refractivity contribution in [3.05, 3.63) is 28.2 Å². The molecule has 0 aromatic heterocycles. The maximum Gasteiger partial charge on any atom is 0.133 e. The third-order valence-corrected chi connectivity index (χ3v) is 3.82. The maximum atomic E-state index is 5.97. The van der Waals surface area contributed by atoms with Crippen LogP contribution < -0.4 is 10.5 Å². The zero-order chi connectivity index (χ0) is 14.3. The van der Waals surface area contributed by atoms with E-state index in [-0.39, 0.29) is 6.04 Å². The number of halogens is 1. The lowest BCUT2D eigenvalue weighted by molar-refractivity contribution is 0.296. The van der Waals surface area contributed by atoms with Crippen LogP contribution in [0.2, 0.25) is 0 Å². The Kier molecular flexibility index (Phi) is 7.47. The maximum absolute atomic E-state index is 5.97. The molecule has 2 nitrogen and oxygen atoms in total. The normalized spacial score (nSPS) is 12.7. The standard InChI is InChI=1S/C16H26BrNO/c1-4-14(18)10-13-7-8-16(15(17)11-13)19-9-5-6-12(2)3/h7-8,11-12,14H,4-6,9-10,18H2,1-3H3. The smallest absolute Gasteiger partial charge is 0.133 e. The molecule has 0 amide bonds. The lowest BCUT2D eigenvalue weighted by atomic mass is 10.0. The summed E-state index contributed by atoms with van der Waals surface area (Å²) in [6.07, 6.45) is 4.24. The van der Waals surface area contributed by atoms with Gasteiger partial charge < -0.3 is 10.5 Å². The highest BCUT2D eigenvalue weighted by molar-refractivity contribution is 9.10. The molecule has 0 spiro atoms. The lowest BCUT2D eigenvalue weighted by Crippen LogP contribution is -2.21. The van der Waals surface area contributed by atoms with E-state index in [1.165, 1.54) is 12.0 Å². The number of benzene rings is 1. The zero-order valence-corrected chi connectivity index (χ0v) is 13.9. The van der Waals surface area contributed by atoms with Crippen LogP contribution in [0.15, 0.2) is 22.7 Å². The van der Waals surface area contributed by atoms with Crippen molar-refractivity contribution in [2.75, 3.05) is 6.61 Å². The van der Waals surface area contributed by atoms with E-state index in [0.717, 1.165) is 42.0 Å². The quantitative estimate of drug-likeness (QED) is 0.711. The average molecular weight is 328 g/mol. The van der Waals surface area contributed by atoms with E-state index in [2.05, 4.69) is 48.8 Å². The summed E-state index contributed by atoms with van der Waals surface area (Å²) in [6, 6.07) is 6.51. The zero-order valence-electron chi connectivity index (χ0n) is 12.3. The fourth-order valence-corrected chi connectivity index (χ4v) is 2.45. The highest BCUT2D eigenvalue weighted by Crippen LogP contribution is 2.27. The van der Waals surface area contributed by atoms with Crippen molar-refractivity contribution >= 4 is 15.9 Å². The predicted molar refractivity (Wildman–Crippen MR) is 85.7 cm³/mol. The van der Waals surface area contributed by atoms with Crippen molar-refractivity contribution in [3.8, 4) is 5.75 Å². The third-order valence-electron chi connectivity index (χ3n) is 3.20. The fourth-order valence-electron chi connectivity index (χ4n) is 1.91. The second-order valence-electron chi connectivity index (χ2n) is 5.52. The van der Waals surface area contributed by atoms with E-state index >= 15 is 0 Å². The van der Waals surface area contributed by atoms with E-state index in [0.29, 0.717) is 0 Å². The molecule has 1 unspecified atom stereocenters. The molecule has 1 rings (SSSR count). The summed E-state index contributed by atoms with van der Waals surface area (Å²) < 4.78 is 6.82. The minimum atomic E-state index is 0.240. The molecular weight excluding hydrogens is 302 g/mol. The second-order valence-corrected chi connectivity index (χ2v) is 6.38. The van der Waals surface area contributed by atoms with E-state index in [1.54, 1.807) is 0 Å². The van der Waals surface area contributed by atoms with Gasteiger partial charge in [0.15, 0.2) is 0 Å². The molecule has 3 heteroatoms. The summed E-state index contributed by atoms with van der Waals surface area (Å²) in [5.41, 5.74) is 7.23. The molecule has 0 bridgehead atoms. The monoisotopic (exact) mass is 327 g/mol. The van der Waals surface area contributed by atoms with Crippen molar-refractivity contribution in [2.45, 2.75) is 52.5 Å². The van der Waals surface area contributed by atoms with Crippen LogP contribution in [0.5, 0.6) is 5.75 Å². The number of ether oxygens (including phenoxy) is 1. The van der Waals surface area contributed by atoms with Gasteiger partial charge in [-0.2, -0.15) is 0 Å². The first-order chi connectivity index (χ1) is 9.02. The minimum Gasteiger partial charge on any atom is -0.492 e. The van der Waals surface area contributed by atoms with Gasteiger partial charge in [0, 0.05) is 6.04 Å². The van der Waals surface area contributed by atoms with Gasteiger partial charge in [-0.3, -0.25) is 0 Å². The summed E-state index contributed by atoms with van der Waals surface area (Å²) in [6.45, 7) is 7.37. The van der Waals surface area contributed by atoms with Crippen molar-refractivity contribution in [3.63, 3.8) is 0 Å². The van der Waals surface area contributed by atoms with Crippen molar-refractivity contribution < 1.29 is 4.74 Å². The van der Waals surface area contributed by atoms with Crippen LogP contribution in [0.1, 0.15) is 45.6 Å². The van der Waals surface area contributed by atoms with Gasteiger partial charge in [0.25, 0.3) is 0 Å². The van der Waals surface area contributed by atoms with E-state index < -0.39 is 0 Å². The molecule has 0 aliphatic rings. The van der Waals surface area contributed by atoms with Gasteiger partial charge in [-0.1, -0.05) is 26.8 Å². The van der Waals surface area contributed by atoms with Crippen LogP contribution in [-0.4, -0.2) is 12.6 Å². The van der Waals surface area contributed by atoms with Gasteiger partial charge in [0.05, 0.1) is 11.1 Å². The third kappa shape index (κ3) is 6.44. The van der Waals surface area contributed by atoms with Gasteiger partial charge in [-0.25, -0.2) is 0 Å². The van der Waals surface area contributed by atoms with E-state index in [9.17, 15) is 0 Å². The largest absolute Gasteiger partial charge is 0.492 e. The Hall–Kier alpha value is -0.540. The SMILES string of the molecule is CCC(N)Cc1ccc(OCCCC(C)C)c(Br)c1. The minimum absolute atomic E-state index is 0.240. The van der Waals surface area contributed by atoms with Gasteiger partial charge >= 0.3 is 0 Å². The highest BCUT2D eigenvalue weighted by atomic mass is 79.9. The molecule has 0 aliphatic heterocycles. The van der Waals surface area contributed by atoms with Crippen molar-refractivity contribution in [2.24, 2.45) is 11.7 Å². The Morgan fingerprint density at radius 3 is 2.63 bits per heavy atom. The number of rotatable bonds is 8. The molecule has 108 valence electrons. The van der Waals surface area contributed by atoms with Crippen molar-refractivity contribution in [1.29, 1.82) is 0 Å². The highest BCUT2D eigenvalue weighted by Gasteiger charge is 2.06. The molecule has 1 atom stereocenters. The van der Waals surface area contributed by atoms with Crippen LogP contribution in [-0.2, 0) is 6.42 Å². The molecule has 1 aromatic rings. The summed E-state index contributed by atoms with van der Waals surface area (Å²) in [5.74, 6) is 1.67. The number of hydrogen-bond donors (Lipinski definition) is 1. The number of nitrogens with two attached hydrogens (primary N) is 1. The van der Waals surface area contributed by atoms with Gasteiger partial charge in [-0.15, -0.1) is 0 Å². The number of hydrogen-bond acceptors (Lipinski definition) is 2. The van der Waals surface area contributed by atoms with Crippen molar-refractivity contribution in [1.82, 2.24) is 0 Å². The average Bonchev–Trinajstić information content (AvgIpc) is 2.36. The molecule has 0 aliphatic carbocycles. The first kappa shape index (κ1) is 16.5. The molecule has 0 saturated carbocycles. The predicted octanol–water partition coefficient (Wildman–Crippen LogP) is 4.54. The van der Waals surface area contributed by atoms with Gasteiger partial charge in [0.2, 0.25) is 0 Å². The topological polar surface area (TPSA) is 35.2 Å². The van der Waals surface area contributed by atoms with Gasteiger partial charge in [-0.05, 0) is 65.2 Å². The Bertz CT molecular complexity index is 379. The van der Waals surface area contributed by atoms with Gasteiger partial charge in [0.1, 0.15) is 5.75 Å². The molecule has 2 N–H and O–H groups in total. The van der Waals surface area contributed by atoms with E-state index in [1.807, 2.05) is 6.07 Å². The lowest BCUT2D eigenvalue weighted by Gasteiger charge is -2.12. The Balaban J connectivity index is 2.48. The molecule has 0 fully saturated rings.